The molecule has 0 unspecified atom stereocenters. The van der Waals surface area contributed by atoms with Crippen molar-refractivity contribution in [2.45, 2.75) is 18.7 Å². The van der Waals surface area contributed by atoms with Crippen molar-refractivity contribution in [1.82, 2.24) is 19.1 Å². The molecular formula is C19H17N5O4S. The first kappa shape index (κ1) is 20.0. The normalized spacial score (nSPS) is 11.1. The average molecular weight is 411 g/mol. The number of hydrogen-bond acceptors (Lipinski definition) is 6. The van der Waals surface area contributed by atoms with E-state index in [4.69, 9.17) is 5.26 Å². The minimum atomic E-state index is -4.01. The fourth-order valence-electron chi connectivity index (χ4n) is 2.92. The lowest BCUT2D eigenvalue weighted by Crippen LogP contribution is -2.28. The Balaban J connectivity index is 2.07. The van der Waals surface area contributed by atoms with Gasteiger partial charge in [0.05, 0.1) is 17.2 Å². The highest BCUT2D eigenvalue weighted by atomic mass is 32.2. The standard InChI is InChI=1S/C19H17N5O4S/c1-12-18(15-6-4-14(10-20)5-7-15)19(26)24(23(12)3)17-9-8-16(11-21-17)29(27,28)22-13(2)25/h4-9,11H,1-3H3,(H,22,25). The molecule has 0 bridgehead atoms. The summed E-state index contributed by atoms with van der Waals surface area (Å²) >= 11 is 0. The number of nitrogens with one attached hydrogen (secondary N) is 1. The molecule has 29 heavy (non-hydrogen) atoms. The summed E-state index contributed by atoms with van der Waals surface area (Å²) in [5.74, 6) is -0.488. The van der Waals surface area contributed by atoms with E-state index in [9.17, 15) is 18.0 Å². The molecule has 1 aromatic carbocycles. The fourth-order valence-corrected chi connectivity index (χ4v) is 3.85. The van der Waals surface area contributed by atoms with Crippen LogP contribution in [-0.4, -0.2) is 28.7 Å². The largest absolute Gasteiger partial charge is 0.283 e. The zero-order chi connectivity index (χ0) is 21.3. The maximum Gasteiger partial charge on any atom is 0.280 e. The van der Waals surface area contributed by atoms with Crippen molar-refractivity contribution < 1.29 is 13.2 Å². The van der Waals surface area contributed by atoms with Crippen LogP contribution in [-0.2, 0) is 21.9 Å². The second-order valence-corrected chi connectivity index (χ2v) is 7.99. The van der Waals surface area contributed by atoms with Gasteiger partial charge in [-0.15, -0.1) is 0 Å². The van der Waals surface area contributed by atoms with Gasteiger partial charge in [-0.2, -0.15) is 9.94 Å². The van der Waals surface area contributed by atoms with Crippen molar-refractivity contribution in [2.75, 3.05) is 0 Å². The second kappa shape index (κ2) is 7.37. The van der Waals surface area contributed by atoms with E-state index in [-0.39, 0.29) is 16.3 Å². The number of rotatable bonds is 4. The van der Waals surface area contributed by atoms with E-state index in [0.717, 1.165) is 13.1 Å². The molecule has 1 amide bonds. The van der Waals surface area contributed by atoms with E-state index >= 15 is 0 Å². The second-order valence-electron chi connectivity index (χ2n) is 6.30. The van der Waals surface area contributed by atoms with Gasteiger partial charge in [0.25, 0.3) is 15.6 Å². The Hall–Kier alpha value is -3.71. The highest BCUT2D eigenvalue weighted by Gasteiger charge is 2.20. The van der Waals surface area contributed by atoms with Gasteiger partial charge < -0.3 is 0 Å². The van der Waals surface area contributed by atoms with Crippen LogP contribution in [0.25, 0.3) is 16.9 Å². The predicted octanol–water partition coefficient (Wildman–Crippen LogP) is 1.24. The summed E-state index contributed by atoms with van der Waals surface area (Å²) in [6.07, 6.45) is 1.08. The number of pyridine rings is 1. The van der Waals surface area contributed by atoms with Gasteiger partial charge in [0.2, 0.25) is 5.91 Å². The van der Waals surface area contributed by atoms with Crippen molar-refractivity contribution >= 4 is 15.9 Å². The van der Waals surface area contributed by atoms with Gasteiger partial charge in [0.1, 0.15) is 4.90 Å². The lowest BCUT2D eigenvalue weighted by molar-refractivity contribution is -0.117. The molecule has 0 fully saturated rings. The third kappa shape index (κ3) is 3.68. The molecule has 0 saturated carbocycles. The molecule has 0 saturated heterocycles. The predicted molar refractivity (Wildman–Crippen MR) is 105 cm³/mol. The topological polar surface area (TPSA) is 127 Å². The number of hydrogen-bond donors (Lipinski definition) is 1. The third-order valence-corrected chi connectivity index (χ3v) is 5.80. The van der Waals surface area contributed by atoms with Crippen molar-refractivity contribution in [3.8, 4) is 23.0 Å². The van der Waals surface area contributed by atoms with E-state index in [1.807, 2.05) is 10.8 Å². The highest BCUT2D eigenvalue weighted by molar-refractivity contribution is 7.90. The van der Waals surface area contributed by atoms with E-state index in [1.165, 1.54) is 16.8 Å². The Bertz CT molecular complexity index is 1290. The number of nitriles is 1. The number of carbonyl (C=O) groups is 1. The molecule has 0 aliphatic rings. The lowest BCUT2D eigenvalue weighted by atomic mass is 10.1. The van der Waals surface area contributed by atoms with Crippen molar-refractivity contribution in [3.05, 3.63) is 64.2 Å². The van der Waals surface area contributed by atoms with Crippen LogP contribution < -0.4 is 10.3 Å². The number of nitrogens with zero attached hydrogens (tertiary/aromatic N) is 4. The van der Waals surface area contributed by atoms with E-state index in [0.29, 0.717) is 22.4 Å². The van der Waals surface area contributed by atoms with Gasteiger partial charge in [-0.25, -0.2) is 18.1 Å². The van der Waals surface area contributed by atoms with Crippen LogP contribution in [0.1, 0.15) is 18.2 Å². The first-order valence-electron chi connectivity index (χ1n) is 8.44. The minimum absolute atomic E-state index is 0.192. The number of sulfonamides is 1. The molecule has 1 N–H and O–H groups in total. The SMILES string of the molecule is CC(=O)NS(=O)(=O)c1ccc(-n2c(=O)c(-c3ccc(C#N)cc3)c(C)n2C)nc1. The molecule has 0 aliphatic carbocycles. The van der Waals surface area contributed by atoms with Crippen LogP contribution in [0.3, 0.4) is 0 Å². The Morgan fingerprint density at radius 1 is 1.17 bits per heavy atom. The van der Waals surface area contributed by atoms with Crippen molar-refractivity contribution in [3.63, 3.8) is 0 Å². The molecule has 148 valence electrons. The molecule has 9 nitrogen and oxygen atoms in total. The summed E-state index contributed by atoms with van der Waals surface area (Å²) in [5.41, 5.74) is 1.94. The summed E-state index contributed by atoms with van der Waals surface area (Å²) in [6, 6.07) is 11.3. The van der Waals surface area contributed by atoms with Gasteiger partial charge in [-0.05, 0) is 36.8 Å². The molecule has 0 atom stereocenters. The molecule has 0 aliphatic heterocycles. The summed E-state index contributed by atoms with van der Waals surface area (Å²) in [4.78, 5) is 28.0. The maximum absolute atomic E-state index is 13.1. The number of amides is 1. The lowest BCUT2D eigenvalue weighted by Gasteiger charge is -2.08. The zero-order valence-corrected chi connectivity index (χ0v) is 16.7. The van der Waals surface area contributed by atoms with Gasteiger partial charge in [0, 0.05) is 25.9 Å². The summed E-state index contributed by atoms with van der Waals surface area (Å²) in [6.45, 7) is 2.87. The van der Waals surface area contributed by atoms with Crippen LogP contribution in [0.2, 0.25) is 0 Å². The molecule has 10 heteroatoms. The Kier molecular flexibility index (Phi) is 5.09. The van der Waals surface area contributed by atoms with E-state index < -0.39 is 15.9 Å². The van der Waals surface area contributed by atoms with Crippen LogP contribution in [0.15, 0.2) is 52.3 Å². The molecule has 2 aromatic heterocycles. The summed E-state index contributed by atoms with van der Waals surface area (Å²) in [7, 11) is -2.33. The number of aromatic nitrogens is 3. The Labute approximate surface area is 166 Å². The summed E-state index contributed by atoms with van der Waals surface area (Å²) < 4.78 is 28.9. The maximum atomic E-state index is 13.1. The fraction of sp³-hybridized carbons (Fsp3) is 0.158. The summed E-state index contributed by atoms with van der Waals surface area (Å²) in [5, 5.41) is 8.94. The monoisotopic (exact) mass is 411 g/mol. The first-order chi connectivity index (χ1) is 13.7. The van der Waals surface area contributed by atoms with Crippen LogP contribution in [0, 0.1) is 18.3 Å². The first-order valence-corrected chi connectivity index (χ1v) is 9.93. The molecule has 2 heterocycles. The highest BCUT2D eigenvalue weighted by Crippen LogP contribution is 2.22. The van der Waals surface area contributed by atoms with Crippen LogP contribution >= 0.6 is 0 Å². The van der Waals surface area contributed by atoms with Crippen molar-refractivity contribution in [2.24, 2.45) is 7.05 Å². The average Bonchev–Trinajstić information content (AvgIpc) is 2.90. The minimum Gasteiger partial charge on any atom is -0.283 e. The van der Waals surface area contributed by atoms with E-state index in [1.54, 1.807) is 42.9 Å². The molecule has 0 spiro atoms. The number of benzene rings is 1. The van der Waals surface area contributed by atoms with Crippen molar-refractivity contribution in [1.29, 1.82) is 5.26 Å². The molecule has 3 aromatic rings. The van der Waals surface area contributed by atoms with Crippen LogP contribution in [0.4, 0.5) is 0 Å². The quantitative estimate of drug-likeness (QED) is 0.688. The number of carbonyl (C=O) groups excluding carboxylic acids is 1. The molecule has 3 rings (SSSR count). The van der Waals surface area contributed by atoms with Gasteiger partial charge in [0.15, 0.2) is 5.82 Å². The van der Waals surface area contributed by atoms with Gasteiger partial charge >= 0.3 is 0 Å². The molecule has 0 radical (unpaired) electrons. The Morgan fingerprint density at radius 3 is 2.34 bits per heavy atom. The van der Waals surface area contributed by atoms with Gasteiger partial charge in [-0.3, -0.25) is 14.3 Å². The zero-order valence-electron chi connectivity index (χ0n) is 15.9. The third-order valence-electron chi connectivity index (χ3n) is 4.38. The van der Waals surface area contributed by atoms with Gasteiger partial charge in [-0.1, -0.05) is 12.1 Å². The smallest absolute Gasteiger partial charge is 0.280 e. The van der Waals surface area contributed by atoms with E-state index in [2.05, 4.69) is 4.98 Å². The van der Waals surface area contributed by atoms with Crippen LogP contribution in [0.5, 0.6) is 0 Å². The Morgan fingerprint density at radius 2 is 1.83 bits per heavy atom. The molecular weight excluding hydrogens is 394 g/mol.